The van der Waals surface area contributed by atoms with Crippen molar-refractivity contribution in [1.29, 1.82) is 0 Å². The first-order valence-electron chi connectivity index (χ1n) is 6.98. The number of halogens is 1. The Kier molecular flexibility index (Phi) is 5.07. The molecule has 1 aromatic carbocycles. The molecule has 1 saturated heterocycles. The fourth-order valence-corrected chi connectivity index (χ4v) is 3.27. The van der Waals surface area contributed by atoms with Crippen LogP contribution in [-0.2, 0) is 6.54 Å². The first-order chi connectivity index (χ1) is 8.72. The molecule has 18 heavy (non-hydrogen) atoms. The van der Waals surface area contributed by atoms with Crippen molar-refractivity contribution in [2.75, 3.05) is 18.0 Å². The molecule has 0 saturated carbocycles. The maximum atomic E-state index is 3.73. The number of hydrogen-bond acceptors (Lipinski definition) is 2. The van der Waals surface area contributed by atoms with Crippen molar-refractivity contribution < 1.29 is 0 Å². The third kappa shape index (κ3) is 3.27. The van der Waals surface area contributed by atoms with Crippen molar-refractivity contribution in [3.05, 3.63) is 28.2 Å². The second-order valence-corrected chi connectivity index (χ2v) is 5.96. The van der Waals surface area contributed by atoms with Crippen molar-refractivity contribution >= 4 is 21.6 Å². The number of nitrogens with zero attached hydrogens (tertiary/aromatic N) is 1. The summed E-state index contributed by atoms with van der Waals surface area (Å²) in [6.07, 6.45) is 4.00. The minimum Gasteiger partial charge on any atom is -0.368 e. The summed E-state index contributed by atoms with van der Waals surface area (Å²) < 4.78 is 1.23. The van der Waals surface area contributed by atoms with Crippen molar-refractivity contribution in [2.24, 2.45) is 0 Å². The van der Waals surface area contributed by atoms with E-state index < -0.39 is 0 Å². The maximum Gasteiger partial charge on any atom is 0.0513 e. The van der Waals surface area contributed by atoms with E-state index in [0.29, 0.717) is 6.04 Å². The van der Waals surface area contributed by atoms with Gasteiger partial charge >= 0.3 is 0 Å². The first kappa shape index (κ1) is 13.9. The second kappa shape index (κ2) is 6.58. The van der Waals surface area contributed by atoms with Crippen LogP contribution in [0.2, 0.25) is 0 Å². The summed E-state index contributed by atoms with van der Waals surface area (Å²) in [5.74, 6) is 0. The van der Waals surface area contributed by atoms with Gasteiger partial charge in [0.05, 0.1) is 5.69 Å². The molecule has 1 aliphatic rings. The zero-order chi connectivity index (χ0) is 13.0. The monoisotopic (exact) mass is 310 g/mol. The number of rotatable bonds is 4. The molecule has 1 heterocycles. The molecule has 0 spiro atoms. The SMILES string of the molecule is CCNCc1ccc(N2CCCCC2C)c(Br)c1. The predicted octanol–water partition coefficient (Wildman–Crippen LogP) is 3.94. The summed E-state index contributed by atoms with van der Waals surface area (Å²) >= 11 is 3.73. The highest BCUT2D eigenvalue weighted by Crippen LogP contribution is 2.32. The average Bonchev–Trinajstić information content (AvgIpc) is 2.38. The Hall–Kier alpha value is -0.540. The van der Waals surface area contributed by atoms with Crippen LogP contribution in [0.1, 0.15) is 38.7 Å². The number of anilines is 1. The van der Waals surface area contributed by atoms with E-state index in [1.54, 1.807) is 0 Å². The zero-order valence-electron chi connectivity index (χ0n) is 11.4. The van der Waals surface area contributed by atoms with Gasteiger partial charge in [-0.1, -0.05) is 13.0 Å². The average molecular weight is 311 g/mol. The highest BCUT2D eigenvalue weighted by atomic mass is 79.9. The molecule has 0 aromatic heterocycles. The van der Waals surface area contributed by atoms with Crippen molar-refractivity contribution in [3.8, 4) is 0 Å². The van der Waals surface area contributed by atoms with E-state index in [0.717, 1.165) is 13.1 Å². The van der Waals surface area contributed by atoms with Crippen LogP contribution in [0.25, 0.3) is 0 Å². The first-order valence-corrected chi connectivity index (χ1v) is 7.77. The van der Waals surface area contributed by atoms with E-state index in [1.165, 1.54) is 41.5 Å². The molecule has 1 unspecified atom stereocenters. The van der Waals surface area contributed by atoms with Crippen molar-refractivity contribution in [2.45, 2.75) is 45.7 Å². The zero-order valence-corrected chi connectivity index (χ0v) is 13.0. The van der Waals surface area contributed by atoms with E-state index in [2.05, 4.69) is 58.2 Å². The van der Waals surface area contributed by atoms with Gasteiger partial charge in [-0.05, 0) is 66.4 Å². The Morgan fingerprint density at radius 2 is 2.22 bits per heavy atom. The molecule has 0 amide bonds. The van der Waals surface area contributed by atoms with Crippen LogP contribution in [0.4, 0.5) is 5.69 Å². The summed E-state index contributed by atoms with van der Waals surface area (Å²) in [4.78, 5) is 2.53. The minimum atomic E-state index is 0.662. The lowest BCUT2D eigenvalue weighted by molar-refractivity contribution is 0.484. The molecule has 100 valence electrons. The molecule has 1 atom stereocenters. The summed E-state index contributed by atoms with van der Waals surface area (Å²) in [5, 5.41) is 3.37. The molecule has 0 bridgehead atoms. The maximum absolute atomic E-state index is 3.73. The van der Waals surface area contributed by atoms with Gasteiger partial charge in [0.15, 0.2) is 0 Å². The predicted molar refractivity (Wildman–Crippen MR) is 82.2 cm³/mol. The number of nitrogens with one attached hydrogen (secondary N) is 1. The highest BCUT2D eigenvalue weighted by Gasteiger charge is 2.20. The van der Waals surface area contributed by atoms with Crippen LogP contribution in [0, 0.1) is 0 Å². The quantitative estimate of drug-likeness (QED) is 0.906. The van der Waals surface area contributed by atoms with Crippen molar-refractivity contribution in [3.63, 3.8) is 0 Å². The van der Waals surface area contributed by atoms with Gasteiger partial charge in [0.25, 0.3) is 0 Å². The Labute approximate surface area is 119 Å². The van der Waals surface area contributed by atoms with E-state index >= 15 is 0 Å². The van der Waals surface area contributed by atoms with Gasteiger partial charge < -0.3 is 10.2 Å². The van der Waals surface area contributed by atoms with Gasteiger partial charge in [-0.3, -0.25) is 0 Å². The Morgan fingerprint density at radius 1 is 1.39 bits per heavy atom. The van der Waals surface area contributed by atoms with Gasteiger partial charge in [-0.25, -0.2) is 0 Å². The molecule has 2 rings (SSSR count). The number of benzene rings is 1. The molecule has 0 aliphatic carbocycles. The Bertz CT molecular complexity index is 392. The number of hydrogen-bond donors (Lipinski definition) is 1. The molecule has 2 nitrogen and oxygen atoms in total. The van der Waals surface area contributed by atoms with Crippen LogP contribution in [-0.4, -0.2) is 19.1 Å². The second-order valence-electron chi connectivity index (χ2n) is 5.10. The van der Waals surface area contributed by atoms with E-state index in [9.17, 15) is 0 Å². The molecule has 0 radical (unpaired) electrons. The third-order valence-corrected chi connectivity index (χ3v) is 4.34. The molecule has 3 heteroatoms. The Morgan fingerprint density at radius 3 is 2.89 bits per heavy atom. The lowest BCUT2D eigenvalue weighted by Crippen LogP contribution is -2.37. The molecule has 1 fully saturated rings. The fourth-order valence-electron chi connectivity index (χ4n) is 2.62. The third-order valence-electron chi connectivity index (χ3n) is 3.70. The Balaban J connectivity index is 2.13. The van der Waals surface area contributed by atoms with Crippen LogP contribution < -0.4 is 10.2 Å². The van der Waals surface area contributed by atoms with E-state index in [4.69, 9.17) is 0 Å². The summed E-state index contributed by atoms with van der Waals surface area (Å²) in [5.41, 5.74) is 2.69. The van der Waals surface area contributed by atoms with E-state index in [-0.39, 0.29) is 0 Å². The largest absolute Gasteiger partial charge is 0.368 e. The lowest BCUT2D eigenvalue weighted by Gasteiger charge is -2.36. The van der Waals surface area contributed by atoms with Crippen LogP contribution >= 0.6 is 15.9 Å². The summed E-state index contributed by atoms with van der Waals surface area (Å²) in [7, 11) is 0. The lowest BCUT2D eigenvalue weighted by atomic mass is 10.0. The van der Waals surface area contributed by atoms with Crippen LogP contribution in [0.5, 0.6) is 0 Å². The molecular weight excluding hydrogens is 288 g/mol. The number of piperidine rings is 1. The minimum absolute atomic E-state index is 0.662. The van der Waals surface area contributed by atoms with Crippen molar-refractivity contribution in [1.82, 2.24) is 5.32 Å². The molecule has 1 N–H and O–H groups in total. The van der Waals surface area contributed by atoms with Gasteiger partial charge in [-0.15, -0.1) is 0 Å². The van der Waals surface area contributed by atoms with Gasteiger partial charge in [-0.2, -0.15) is 0 Å². The smallest absolute Gasteiger partial charge is 0.0513 e. The fraction of sp³-hybridized carbons (Fsp3) is 0.600. The molecule has 1 aliphatic heterocycles. The summed E-state index contributed by atoms with van der Waals surface area (Å²) in [6.45, 7) is 7.62. The molecule has 1 aromatic rings. The van der Waals surface area contributed by atoms with Gasteiger partial charge in [0, 0.05) is 23.6 Å². The van der Waals surface area contributed by atoms with Gasteiger partial charge in [0.1, 0.15) is 0 Å². The summed E-state index contributed by atoms with van der Waals surface area (Å²) in [6, 6.07) is 7.41. The highest BCUT2D eigenvalue weighted by molar-refractivity contribution is 9.10. The van der Waals surface area contributed by atoms with Crippen LogP contribution in [0.15, 0.2) is 22.7 Å². The standard InChI is InChI=1S/C15H23BrN2/c1-3-17-11-13-7-8-15(14(16)10-13)18-9-5-4-6-12(18)2/h7-8,10,12,17H,3-6,9,11H2,1-2H3. The van der Waals surface area contributed by atoms with Gasteiger partial charge in [0.2, 0.25) is 0 Å². The topological polar surface area (TPSA) is 15.3 Å². The molecular formula is C15H23BrN2. The normalized spacial score (nSPS) is 20.2. The van der Waals surface area contributed by atoms with E-state index in [1.807, 2.05) is 0 Å². The van der Waals surface area contributed by atoms with Crippen LogP contribution in [0.3, 0.4) is 0 Å².